The number of hydrogen-bond donors (Lipinski definition) is 0. The predicted octanol–water partition coefficient (Wildman–Crippen LogP) is 2.58. The summed E-state index contributed by atoms with van der Waals surface area (Å²) in [5.41, 5.74) is 3.39. The average Bonchev–Trinajstić information content (AvgIpc) is 3.64. The maximum atomic E-state index is 13.5. The molecule has 2 amide bonds. The van der Waals surface area contributed by atoms with Gasteiger partial charge in [-0.05, 0) is 30.9 Å². The highest BCUT2D eigenvalue weighted by atomic mass is 32.2. The standard InChI is InChI=1S/C25H32N4O4S/c1-3-5-17-6-8-18(9-7-17)19-14-20(21-22-23(33-22)27-24(26-21)32-4-2)16-29(15-19)25(30)28-10-12-34(31)13-11-28/h3,6-9,19-20,22-23H,1,4-5,10-16H2,2H3. The van der Waals surface area contributed by atoms with Crippen LogP contribution < -0.4 is 0 Å². The summed E-state index contributed by atoms with van der Waals surface area (Å²) in [5, 5.41) is 0. The molecule has 4 heterocycles. The van der Waals surface area contributed by atoms with E-state index in [1.807, 2.05) is 22.8 Å². The van der Waals surface area contributed by atoms with Gasteiger partial charge < -0.3 is 19.3 Å². The Labute approximate surface area is 203 Å². The third-order valence-electron chi connectivity index (χ3n) is 6.91. The van der Waals surface area contributed by atoms with Crippen LogP contribution in [0.5, 0.6) is 0 Å². The highest BCUT2D eigenvalue weighted by molar-refractivity contribution is 7.85. The fourth-order valence-electron chi connectivity index (χ4n) is 5.09. The van der Waals surface area contributed by atoms with Crippen molar-refractivity contribution in [2.24, 2.45) is 15.9 Å². The molecule has 4 atom stereocenters. The first-order valence-electron chi connectivity index (χ1n) is 12.1. The molecule has 3 saturated heterocycles. The molecule has 4 aliphatic rings. The van der Waals surface area contributed by atoms with Crippen molar-refractivity contribution in [3.63, 3.8) is 0 Å². The van der Waals surface area contributed by atoms with Gasteiger partial charge in [-0.2, -0.15) is 4.99 Å². The molecule has 9 heteroatoms. The van der Waals surface area contributed by atoms with Crippen molar-refractivity contribution in [1.82, 2.24) is 9.80 Å². The van der Waals surface area contributed by atoms with Gasteiger partial charge in [0.15, 0.2) is 6.23 Å². The van der Waals surface area contributed by atoms with Crippen LogP contribution in [0.1, 0.15) is 30.4 Å². The molecule has 0 aliphatic carbocycles. The van der Waals surface area contributed by atoms with Crippen molar-refractivity contribution in [3.05, 3.63) is 48.0 Å². The topological polar surface area (TPSA) is 87.1 Å². The van der Waals surface area contributed by atoms with Gasteiger partial charge in [-0.1, -0.05) is 30.3 Å². The number of hydrogen-bond acceptors (Lipinski definition) is 6. The minimum Gasteiger partial charge on any atom is -0.464 e. The van der Waals surface area contributed by atoms with Crippen molar-refractivity contribution < 1.29 is 18.5 Å². The van der Waals surface area contributed by atoms with E-state index in [1.165, 1.54) is 11.1 Å². The number of allylic oxidation sites excluding steroid dienone is 1. The van der Waals surface area contributed by atoms with E-state index in [4.69, 9.17) is 14.5 Å². The van der Waals surface area contributed by atoms with Gasteiger partial charge >= 0.3 is 12.1 Å². The lowest BCUT2D eigenvalue weighted by molar-refractivity contribution is 0.134. The molecular weight excluding hydrogens is 452 g/mol. The molecule has 1 aromatic rings. The van der Waals surface area contributed by atoms with E-state index in [2.05, 4.69) is 35.8 Å². The lowest BCUT2D eigenvalue weighted by atomic mass is 9.81. The molecule has 0 aromatic heterocycles. The molecule has 5 rings (SSSR count). The van der Waals surface area contributed by atoms with Gasteiger partial charge in [-0.3, -0.25) is 4.21 Å². The Kier molecular flexibility index (Phi) is 6.83. The number of carbonyl (C=O) groups excluding carboxylic acids is 1. The summed E-state index contributed by atoms with van der Waals surface area (Å²) in [5.74, 6) is 1.36. The van der Waals surface area contributed by atoms with Gasteiger partial charge in [0.25, 0.3) is 0 Å². The molecule has 0 saturated carbocycles. The van der Waals surface area contributed by atoms with Crippen molar-refractivity contribution in [2.75, 3.05) is 44.3 Å². The molecule has 0 N–H and O–H groups in total. The second kappa shape index (κ2) is 10.00. The van der Waals surface area contributed by atoms with Crippen molar-refractivity contribution in [3.8, 4) is 0 Å². The zero-order valence-corrected chi connectivity index (χ0v) is 20.4. The van der Waals surface area contributed by atoms with Crippen LogP contribution >= 0.6 is 0 Å². The van der Waals surface area contributed by atoms with Crippen LogP contribution in [0.15, 0.2) is 46.9 Å². The van der Waals surface area contributed by atoms with Gasteiger partial charge in [-0.25, -0.2) is 9.79 Å². The van der Waals surface area contributed by atoms with Crippen molar-refractivity contribution >= 4 is 28.6 Å². The number of rotatable bonds is 5. The summed E-state index contributed by atoms with van der Waals surface area (Å²) in [6, 6.07) is 9.03. The van der Waals surface area contributed by atoms with E-state index < -0.39 is 10.8 Å². The number of amidine groups is 1. The first kappa shape index (κ1) is 23.2. The fraction of sp³-hybridized carbons (Fsp3) is 0.560. The number of piperidine rings is 1. The number of epoxide rings is 1. The number of aliphatic imine (C=N–C) groups is 2. The molecule has 0 radical (unpaired) electrons. The molecule has 4 unspecified atom stereocenters. The number of benzene rings is 1. The molecule has 4 aliphatic heterocycles. The van der Waals surface area contributed by atoms with Gasteiger partial charge in [0.2, 0.25) is 0 Å². The number of amides is 2. The van der Waals surface area contributed by atoms with E-state index >= 15 is 0 Å². The quantitative estimate of drug-likeness (QED) is 0.475. The molecular formula is C25H32N4O4S. The van der Waals surface area contributed by atoms with Crippen LogP contribution in [-0.4, -0.2) is 88.4 Å². The number of nitrogens with zero attached hydrogens (tertiary/aromatic N) is 4. The zero-order chi connectivity index (χ0) is 23.7. The van der Waals surface area contributed by atoms with E-state index in [9.17, 15) is 9.00 Å². The van der Waals surface area contributed by atoms with E-state index in [0.29, 0.717) is 50.3 Å². The van der Waals surface area contributed by atoms with Gasteiger partial charge in [0.05, 0.1) is 12.3 Å². The summed E-state index contributed by atoms with van der Waals surface area (Å²) in [6.07, 6.45) is 3.30. The molecule has 0 bridgehead atoms. The molecule has 3 fully saturated rings. The Morgan fingerprint density at radius 1 is 1.21 bits per heavy atom. The number of carbonyl (C=O) groups is 1. The Bertz CT molecular complexity index is 1010. The van der Waals surface area contributed by atoms with Gasteiger partial charge in [0.1, 0.15) is 6.10 Å². The zero-order valence-electron chi connectivity index (χ0n) is 19.6. The van der Waals surface area contributed by atoms with Gasteiger partial charge in [-0.15, -0.1) is 6.58 Å². The third kappa shape index (κ3) is 4.95. The highest BCUT2D eigenvalue weighted by Gasteiger charge is 2.50. The predicted molar refractivity (Wildman–Crippen MR) is 133 cm³/mol. The first-order valence-corrected chi connectivity index (χ1v) is 13.6. The second-order valence-electron chi connectivity index (χ2n) is 9.22. The smallest absolute Gasteiger partial charge is 0.320 e. The summed E-state index contributed by atoms with van der Waals surface area (Å²) in [4.78, 5) is 26.4. The Morgan fingerprint density at radius 2 is 1.94 bits per heavy atom. The van der Waals surface area contributed by atoms with Crippen LogP contribution in [0.4, 0.5) is 4.79 Å². The third-order valence-corrected chi connectivity index (χ3v) is 8.19. The average molecular weight is 485 g/mol. The molecule has 34 heavy (non-hydrogen) atoms. The SMILES string of the molecule is C=CCc1ccc(C2CC(C3=NC(OCC)=NC4OC34)CN(C(=O)N3CCS(=O)CC3)C2)cc1. The Hall–Kier alpha value is -2.52. The van der Waals surface area contributed by atoms with Crippen molar-refractivity contribution in [1.29, 1.82) is 0 Å². The first-order chi connectivity index (χ1) is 16.6. The van der Waals surface area contributed by atoms with Crippen LogP contribution in [-0.2, 0) is 26.7 Å². The highest BCUT2D eigenvalue weighted by Crippen LogP contribution is 2.38. The summed E-state index contributed by atoms with van der Waals surface area (Å²) in [6.45, 7) is 8.58. The number of fused-ring (bicyclic) bond motifs is 1. The summed E-state index contributed by atoms with van der Waals surface area (Å²) >= 11 is 0. The van der Waals surface area contributed by atoms with E-state index in [-0.39, 0.29) is 30.2 Å². The molecule has 1 aromatic carbocycles. The summed E-state index contributed by atoms with van der Waals surface area (Å²) in [7, 11) is -0.822. The normalized spacial score (nSPS) is 29.1. The number of urea groups is 1. The minimum atomic E-state index is -0.822. The van der Waals surface area contributed by atoms with Crippen molar-refractivity contribution in [2.45, 2.75) is 38.0 Å². The van der Waals surface area contributed by atoms with Crippen LogP contribution in [0.25, 0.3) is 0 Å². The van der Waals surface area contributed by atoms with Crippen LogP contribution in [0.3, 0.4) is 0 Å². The molecule has 8 nitrogen and oxygen atoms in total. The Balaban J connectivity index is 1.39. The van der Waals surface area contributed by atoms with E-state index in [1.54, 1.807) is 0 Å². The number of likely N-dealkylation sites (tertiary alicyclic amines) is 1. The number of ether oxygens (including phenoxy) is 2. The molecule has 182 valence electrons. The summed E-state index contributed by atoms with van der Waals surface area (Å²) < 4.78 is 23.2. The van der Waals surface area contributed by atoms with E-state index in [0.717, 1.165) is 18.6 Å². The van der Waals surface area contributed by atoms with Gasteiger partial charge in [0, 0.05) is 60.3 Å². The maximum Gasteiger partial charge on any atom is 0.320 e. The van der Waals surface area contributed by atoms with Crippen LogP contribution in [0, 0.1) is 5.92 Å². The largest absolute Gasteiger partial charge is 0.464 e. The monoisotopic (exact) mass is 484 g/mol. The lowest BCUT2D eigenvalue weighted by Gasteiger charge is -2.41. The maximum absolute atomic E-state index is 13.5. The van der Waals surface area contributed by atoms with Crippen LogP contribution in [0.2, 0.25) is 0 Å². The molecule has 0 spiro atoms. The minimum absolute atomic E-state index is 0.0260. The fourth-order valence-corrected chi connectivity index (χ4v) is 6.14. The Morgan fingerprint density at radius 3 is 2.65 bits per heavy atom. The lowest BCUT2D eigenvalue weighted by Crippen LogP contribution is -2.54. The second-order valence-corrected chi connectivity index (χ2v) is 10.9.